The van der Waals surface area contributed by atoms with E-state index in [1.54, 1.807) is 0 Å². The maximum absolute atomic E-state index is 11.3. The van der Waals surface area contributed by atoms with Gasteiger partial charge >= 0.3 is 0 Å². The first-order valence-corrected chi connectivity index (χ1v) is 8.21. The van der Waals surface area contributed by atoms with Gasteiger partial charge in [-0.25, -0.2) is 0 Å². The summed E-state index contributed by atoms with van der Waals surface area (Å²) in [6, 6.07) is 0. The lowest BCUT2D eigenvalue weighted by molar-refractivity contribution is -0.0170. The van der Waals surface area contributed by atoms with Crippen molar-refractivity contribution in [2.45, 2.75) is 69.8 Å². The average Bonchev–Trinajstić information content (AvgIpc) is 2.95. The van der Waals surface area contributed by atoms with E-state index in [4.69, 9.17) is 0 Å². The van der Waals surface area contributed by atoms with E-state index in [9.17, 15) is 5.11 Å². The Kier molecular flexibility index (Phi) is 2.62. The van der Waals surface area contributed by atoms with Crippen LogP contribution in [0.1, 0.15) is 64.2 Å². The number of allylic oxidation sites excluding steroid dienone is 1. The van der Waals surface area contributed by atoms with Crippen LogP contribution in [0.5, 0.6) is 0 Å². The van der Waals surface area contributed by atoms with E-state index in [0.717, 1.165) is 24.2 Å². The maximum atomic E-state index is 11.3. The summed E-state index contributed by atoms with van der Waals surface area (Å²) in [5.74, 6) is 3.34. The number of fused-ring (bicyclic) bond motifs is 5. The minimum Gasteiger partial charge on any atom is -0.385 e. The van der Waals surface area contributed by atoms with E-state index in [1.165, 1.54) is 63.4 Å². The first-order valence-electron chi connectivity index (χ1n) is 8.21. The Hall–Kier alpha value is -0.300. The summed E-state index contributed by atoms with van der Waals surface area (Å²) in [6.07, 6.45) is 15.5. The van der Waals surface area contributed by atoms with Crippen molar-refractivity contribution in [2.24, 2.45) is 23.7 Å². The topological polar surface area (TPSA) is 20.2 Å². The van der Waals surface area contributed by atoms with Gasteiger partial charge in [0.1, 0.15) is 0 Å². The zero-order chi connectivity index (χ0) is 12.2. The molecule has 1 nitrogen and oxygen atoms in total. The van der Waals surface area contributed by atoms with Crippen LogP contribution < -0.4 is 0 Å². The molecule has 18 heavy (non-hydrogen) atoms. The van der Waals surface area contributed by atoms with Crippen molar-refractivity contribution in [3.05, 3.63) is 11.6 Å². The van der Waals surface area contributed by atoms with E-state index in [-0.39, 0.29) is 5.60 Å². The quantitative estimate of drug-likeness (QED) is 0.692. The average molecular weight is 246 g/mol. The van der Waals surface area contributed by atoms with Gasteiger partial charge < -0.3 is 5.11 Å². The lowest BCUT2D eigenvalue weighted by Crippen LogP contribution is -2.43. The molecule has 100 valence electrons. The summed E-state index contributed by atoms with van der Waals surface area (Å²) >= 11 is 0. The Bertz CT molecular complexity index is 372. The SMILES string of the molecule is OC1(C2=CCCCCC2)CC2CC1C1CCCC21. The minimum absolute atomic E-state index is 0.374. The number of hydrogen-bond donors (Lipinski definition) is 1. The Morgan fingerprint density at radius 1 is 1.06 bits per heavy atom. The van der Waals surface area contributed by atoms with Gasteiger partial charge in [0.15, 0.2) is 0 Å². The van der Waals surface area contributed by atoms with Crippen LogP contribution in [-0.4, -0.2) is 10.7 Å². The summed E-state index contributed by atoms with van der Waals surface area (Å²) in [4.78, 5) is 0. The van der Waals surface area contributed by atoms with Crippen LogP contribution in [0.2, 0.25) is 0 Å². The summed E-state index contributed by atoms with van der Waals surface area (Å²) in [6.45, 7) is 0. The first-order chi connectivity index (χ1) is 8.79. The van der Waals surface area contributed by atoms with E-state index in [1.807, 2.05) is 0 Å². The molecule has 0 aromatic carbocycles. The van der Waals surface area contributed by atoms with Crippen LogP contribution in [0.25, 0.3) is 0 Å². The van der Waals surface area contributed by atoms with Gasteiger partial charge in [0.05, 0.1) is 5.60 Å². The molecule has 0 amide bonds. The second kappa shape index (κ2) is 4.10. The van der Waals surface area contributed by atoms with Crippen molar-refractivity contribution in [2.75, 3.05) is 0 Å². The first kappa shape index (κ1) is 11.5. The molecule has 3 fully saturated rings. The number of hydrogen-bond acceptors (Lipinski definition) is 1. The van der Waals surface area contributed by atoms with Gasteiger partial charge in [-0.2, -0.15) is 0 Å². The third-order valence-corrected chi connectivity index (χ3v) is 6.59. The minimum atomic E-state index is -0.374. The predicted molar refractivity (Wildman–Crippen MR) is 73.2 cm³/mol. The van der Waals surface area contributed by atoms with Crippen LogP contribution in [0.4, 0.5) is 0 Å². The molecule has 1 N–H and O–H groups in total. The summed E-state index contributed by atoms with van der Waals surface area (Å²) in [7, 11) is 0. The van der Waals surface area contributed by atoms with Crippen molar-refractivity contribution in [1.29, 1.82) is 0 Å². The second-order valence-corrected chi connectivity index (χ2v) is 7.32. The van der Waals surface area contributed by atoms with Crippen molar-refractivity contribution < 1.29 is 5.11 Å². The maximum Gasteiger partial charge on any atom is 0.0890 e. The fourth-order valence-electron chi connectivity index (χ4n) is 5.89. The van der Waals surface area contributed by atoms with Crippen molar-refractivity contribution >= 4 is 0 Å². The lowest BCUT2D eigenvalue weighted by atomic mass is 9.69. The van der Waals surface area contributed by atoms with Crippen molar-refractivity contribution in [1.82, 2.24) is 0 Å². The molecule has 4 aliphatic rings. The molecule has 3 saturated carbocycles. The molecule has 0 aliphatic heterocycles. The Morgan fingerprint density at radius 3 is 2.89 bits per heavy atom. The molecular weight excluding hydrogens is 220 g/mol. The Labute approximate surface area is 111 Å². The third-order valence-electron chi connectivity index (χ3n) is 6.59. The molecular formula is C17H26O. The van der Waals surface area contributed by atoms with Crippen LogP contribution in [0.15, 0.2) is 11.6 Å². The standard InChI is InChI=1S/C17H26O/c18-17(13-6-3-1-2-4-7-13)11-12-10-16(17)15-9-5-8-14(12)15/h6,12,14-16,18H,1-5,7-11H2. The van der Waals surface area contributed by atoms with Gasteiger partial charge in [0.2, 0.25) is 0 Å². The van der Waals surface area contributed by atoms with E-state index in [2.05, 4.69) is 6.08 Å². The van der Waals surface area contributed by atoms with E-state index < -0.39 is 0 Å². The molecule has 0 saturated heterocycles. The molecule has 0 spiro atoms. The molecule has 5 atom stereocenters. The van der Waals surface area contributed by atoms with Crippen LogP contribution in [-0.2, 0) is 0 Å². The molecule has 0 aromatic rings. The Balaban J connectivity index is 1.62. The molecule has 4 aliphatic carbocycles. The van der Waals surface area contributed by atoms with Gasteiger partial charge in [-0.1, -0.05) is 18.9 Å². The van der Waals surface area contributed by atoms with Gasteiger partial charge in [-0.3, -0.25) is 0 Å². The normalized spacial score (nSPS) is 51.1. The zero-order valence-corrected chi connectivity index (χ0v) is 11.4. The number of aliphatic hydroxyl groups is 1. The van der Waals surface area contributed by atoms with E-state index >= 15 is 0 Å². The van der Waals surface area contributed by atoms with Gasteiger partial charge in [0, 0.05) is 0 Å². The van der Waals surface area contributed by atoms with Gasteiger partial charge in [0.25, 0.3) is 0 Å². The van der Waals surface area contributed by atoms with Crippen LogP contribution in [0, 0.1) is 23.7 Å². The lowest BCUT2D eigenvalue weighted by Gasteiger charge is -2.41. The Morgan fingerprint density at radius 2 is 1.94 bits per heavy atom. The molecule has 4 rings (SSSR count). The summed E-state index contributed by atoms with van der Waals surface area (Å²) in [5.41, 5.74) is 1.07. The summed E-state index contributed by atoms with van der Waals surface area (Å²) < 4.78 is 0. The van der Waals surface area contributed by atoms with Crippen molar-refractivity contribution in [3.8, 4) is 0 Å². The highest BCUT2D eigenvalue weighted by atomic mass is 16.3. The molecule has 0 aromatic heterocycles. The highest BCUT2D eigenvalue weighted by Gasteiger charge is 2.61. The third kappa shape index (κ3) is 1.49. The second-order valence-electron chi connectivity index (χ2n) is 7.32. The zero-order valence-electron chi connectivity index (χ0n) is 11.4. The van der Waals surface area contributed by atoms with Gasteiger partial charge in [-0.05, 0) is 80.6 Å². The fourth-order valence-corrected chi connectivity index (χ4v) is 5.89. The molecule has 0 heterocycles. The monoisotopic (exact) mass is 246 g/mol. The number of rotatable bonds is 1. The molecule has 0 radical (unpaired) electrons. The predicted octanol–water partition coefficient (Wildman–Crippen LogP) is 4.06. The van der Waals surface area contributed by atoms with Gasteiger partial charge in [-0.15, -0.1) is 0 Å². The highest BCUT2D eigenvalue weighted by Crippen LogP contribution is 2.64. The fraction of sp³-hybridized carbons (Fsp3) is 0.882. The largest absolute Gasteiger partial charge is 0.385 e. The molecule has 1 heteroatoms. The smallest absolute Gasteiger partial charge is 0.0890 e. The van der Waals surface area contributed by atoms with Crippen molar-refractivity contribution in [3.63, 3.8) is 0 Å². The van der Waals surface area contributed by atoms with Crippen LogP contribution in [0.3, 0.4) is 0 Å². The summed E-state index contributed by atoms with van der Waals surface area (Å²) in [5, 5.41) is 11.3. The molecule has 5 unspecified atom stereocenters. The molecule has 2 bridgehead atoms. The van der Waals surface area contributed by atoms with E-state index in [0.29, 0.717) is 5.92 Å². The highest BCUT2D eigenvalue weighted by molar-refractivity contribution is 5.26. The van der Waals surface area contributed by atoms with Crippen LogP contribution >= 0.6 is 0 Å².